The first-order valence-corrected chi connectivity index (χ1v) is 9.73. The normalized spacial score (nSPS) is 39.6. The highest BCUT2D eigenvalue weighted by Crippen LogP contribution is 2.58. The number of Topliss-reactive ketones (excluding diaryl/α,β-unsaturated/α-hetero) is 1. The van der Waals surface area contributed by atoms with Crippen LogP contribution in [0.4, 0.5) is 0 Å². The first-order chi connectivity index (χ1) is 11.6. The van der Waals surface area contributed by atoms with Crippen LogP contribution in [-0.4, -0.2) is 51.1 Å². The van der Waals surface area contributed by atoms with E-state index in [0.29, 0.717) is 24.5 Å². The second-order valence-electron chi connectivity index (χ2n) is 9.36. The van der Waals surface area contributed by atoms with Gasteiger partial charge in [-0.3, -0.25) is 4.79 Å². The lowest BCUT2D eigenvalue weighted by atomic mass is 9.49. The average Bonchev–Trinajstić information content (AvgIpc) is 2.57. The molecule has 2 aliphatic carbocycles. The van der Waals surface area contributed by atoms with Crippen molar-refractivity contribution in [3.63, 3.8) is 0 Å². The molecule has 6 atom stereocenters. The molecule has 0 unspecified atom stereocenters. The van der Waals surface area contributed by atoms with Crippen LogP contribution in [0.25, 0.3) is 0 Å². The van der Waals surface area contributed by atoms with E-state index in [1.165, 1.54) is 0 Å². The predicted molar refractivity (Wildman–Crippen MR) is 95.9 cm³/mol. The number of carbonyl (C=O) groups excluding carboxylic acids is 1. The fourth-order valence-corrected chi connectivity index (χ4v) is 5.19. The summed E-state index contributed by atoms with van der Waals surface area (Å²) in [6.45, 7) is 5.43. The quantitative estimate of drug-likeness (QED) is 0.560. The van der Waals surface area contributed by atoms with Gasteiger partial charge in [0, 0.05) is 12.3 Å². The third-order valence-electron chi connectivity index (χ3n) is 7.33. The molecule has 0 spiro atoms. The van der Waals surface area contributed by atoms with Crippen molar-refractivity contribution in [3.8, 4) is 0 Å². The van der Waals surface area contributed by atoms with Crippen molar-refractivity contribution < 1.29 is 25.2 Å². The summed E-state index contributed by atoms with van der Waals surface area (Å²) in [7, 11) is 0. The van der Waals surface area contributed by atoms with E-state index in [1.54, 1.807) is 6.92 Å². The van der Waals surface area contributed by atoms with Gasteiger partial charge in [0.15, 0.2) is 0 Å². The molecule has 5 heteroatoms. The Morgan fingerprint density at radius 1 is 1.28 bits per heavy atom. The van der Waals surface area contributed by atoms with E-state index < -0.39 is 11.7 Å². The first-order valence-electron chi connectivity index (χ1n) is 9.73. The van der Waals surface area contributed by atoms with Crippen LogP contribution in [0, 0.1) is 22.7 Å². The van der Waals surface area contributed by atoms with Crippen LogP contribution in [0.2, 0.25) is 0 Å². The smallest absolute Gasteiger partial charge is 0.136 e. The molecular formula is C20H36O5. The summed E-state index contributed by atoms with van der Waals surface area (Å²) in [4.78, 5) is 12.6. The predicted octanol–water partition coefficient (Wildman–Crippen LogP) is 2.04. The Bertz CT molecular complexity index is 477. The molecule has 2 aliphatic rings. The molecule has 0 radical (unpaired) electrons. The van der Waals surface area contributed by atoms with E-state index in [0.717, 1.165) is 38.5 Å². The van der Waals surface area contributed by atoms with Gasteiger partial charge in [-0.2, -0.15) is 0 Å². The lowest BCUT2D eigenvalue weighted by Gasteiger charge is -2.55. The van der Waals surface area contributed by atoms with Crippen molar-refractivity contribution in [1.82, 2.24) is 0 Å². The van der Waals surface area contributed by atoms with E-state index >= 15 is 0 Å². The van der Waals surface area contributed by atoms with E-state index in [2.05, 4.69) is 13.8 Å². The largest absolute Gasteiger partial charge is 0.394 e. The monoisotopic (exact) mass is 356 g/mol. The lowest BCUT2D eigenvalue weighted by molar-refractivity contribution is -0.145. The molecule has 0 amide bonds. The number of aliphatic hydroxyl groups is 4. The molecule has 4 N–H and O–H groups in total. The summed E-state index contributed by atoms with van der Waals surface area (Å²) in [5.41, 5.74) is -1.41. The maximum Gasteiger partial charge on any atom is 0.136 e. The molecule has 2 fully saturated rings. The van der Waals surface area contributed by atoms with Gasteiger partial charge in [-0.1, -0.05) is 13.8 Å². The minimum Gasteiger partial charge on any atom is -0.394 e. The lowest BCUT2D eigenvalue weighted by Crippen LogP contribution is -2.52. The van der Waals surface area contributed by atoms with Gasteiger partial charge in [0.05, 0.1) is 24.9 Å². The molecule has 146 valence electrons. The van der Waals surface area contributed by atoms with Crippen molar-refractivity contribution >= 4 is 5.78 Å². The van der Waals surface area contributed by atoms with Crippen molar-refractivity contribution in [1.29, 1.82) is 0 Å². The number of ketones is 1. The van der Waals surface area contributed by atoms with E-state index in [-0.39, 0.29) is 30.0 Å². The fraction of sp³-hybridized carbons (Fsp3) is 0.950. The van der Waals surface area contributed by atoms with Crippen molar-refractivity contribution in [3.05, 3.63) is 0 Å². The van der Waals surface area contributed by atoms with Gasteiger partial charge >= 0.3 is 0 Å². The number of aliphatic hydroxyl groups excluding tert-OH is 3. The summed E-state index contributed by atoms with van der Waals surface area (Å²) in [5, 5.41) is 38.8. The van der Waals surface area contributed by atoms with Gasteiger partial charge in [-0.05, 0) is 68.6 Å². The van der Waals surface area contributed by atoms with Gasteiger partial charge < -0.3 is 20.4 Å². The zero-order chi connectivity index (χ0) is 18.9. The number of carbonyl (C=O) groups is 1. The summed E-state index contributed by atoms with van der Waals surface area (Å²) < 4.78 is 0. The molecule has 0 aromatic rings. The van der Waals surface area contributed by atoms with Crippen LogP contribution in [0.5, 0.6) is 0 Å². The second kappa shape index (κ2) is 7.63. The number of hydrogen-bond donors (Lipinski definition) is 4. The number of fused-ring (bicyclic) bond motifs is 1. The van der Waals surface area contributed by atoms with Crippen LogP contribution < -0.4 is 0 Å². The Balaban J connectivity index is 2.08. The second-order valence-corrected chi connectivity index (χ2v) is 9.36. The molecular weight excluding hydrogens is 320 g/mol. The van der Waals surface area contributed by atoms with E-state index in [1.807, 2.05) is 0 Å². The van der Waals surface area contributed by atoms with Gasteiger partial charge in [0.2, 0.25) is 0 Å². The first kappa shape index (κ1) is 20.8. The summed E-state index contributed by atoms with van der Waals surface area (Å²) in [5.74, 6) is 0.707. The summed E-state index contributed by atoms with van der Waals surface area (Å²) in [6.07, 6.45) is 5.29. The van der Waals surface area contributed by atoms with Gasteiger partial charge in [-0.25, -0.2) is 0 Å². The van der Waals surface area contributed by atoms with Crippen LogP contribution >= 0.6 is 0 Å². The van der Waals surface area contributed by atoms with Crippen LogP contribution in [0.3, 0.4) is 0 Å². The molecule has 0 saturated heterocycles. The van der Waals surface area contributed by atoms with Crippen LogP contribution in [-0.2, 0) is 4.79 Å². The van der Waals surface area contributed by atoms with Gasteiger partial charge in [0.1, 0.15) is 5.78 Å². The number of rotatable bonds is 7. The maximum atomic E-state index is 12.6. The van der Waals surface area contributed by atoms with E-state index in [4.69, 9.17) is 0 Å². The van der Waals surface area contributed by atoms with Gasteiger partial charge in [0.25, 0.3) is 0 Å². The Kier molecular flexibility index (Phi) is 6.35. The Labute approximate surface area is 151 Å². The summed E-state index contributed by atoms with van der Waals surface area (Å²) >= 11 is 0. The van der Waals surface area contributed by atoms with Crippen molar-refractivity contribution in [2.24, 2.45) is 22.7 Å². The maximum absolute atomic E-state index is 12.6. The highest BCUT2D eigenvalue weighted by Gasteiger charge is 2.53. The highest BCUT2D eigenvalue weighted by molar-refractivity contribution is 5.82. The molecule has 2 rings (SSSR count). The third kappa shape index (κ3) is 4.26. The zero-order valence-electron chi connectivity index (χ0n) is 16.0. The Hall–Kier alpha value is -0.490. The fourth-order valence-electron chi connectivity index (χ4n) is 5.19. The molecule has 0 aromatic heterocycles. The average molecular weight is 357 g/mol. The molecule has 25 heavy (non-hydrogen) atoms. The molecule has 0 bridgehead atoms. The van der Waals surface area contributed by atoms with Crippen molar-refractivity contribution in [2.75, 3.05) is 13.2 Å². The Morgan fingerprint density at radius 3 is 2.56 bits per heavy atom. The SMILES string of the molecule is C[C@@](O)(CO)CCC[C@H]1C(=O)CC[C@H]2C[C@@](C)([C@H](O)CO)CC[C@@]21C. The van der Waals surface area contributed by atoms with Crippen LogP contribution in [0.1, 0.15) is 72.1 Å². The van der Waals surface area contributed by atoms with E-state index in [9.17, 15) is 25.2 Å². The topological polar surface area (TPSA) is 98.0 Å². The number of hydrogen-bond acceptors (Lipinski definition) is 5. The molecule has 2 saturated carbocycles. The minimum absolute atomic E-state index is 0.00318. The standard InChI is InChI=1S/C20H36O5/c1-18(17(24)12-21)9-10-20(3)14(11-18)6-7-16(23)15(20)5-4-8-19(2,25)13-22/h14-15,17,21-22,24-25H,4-13H2,1-3H3/t14-,15-,17+,18-,19-,20-/m0/s1. The highest BCUT2D eigenvalue weighted by atomic mass is 16.3. The minimum atomic E-state index is -1.08. The van der Waals surface area contributed by atoms with Crippen molar-refractivity contribution in [2.45, 2.75) is 83.8 Å². The summed E-state index contributed by atoms with van der Waals surface area (Å²) in [6, 6.07) is 0. The molecule has 0 aliphatic heterocycles. The van der Waals surface area contributed by atoms with Gasteiger partial charge in [-0.15, -0.1) is 0 Å². The zero-order valence-corrected chi connectivity index (χ0v) is 16.0. The molecule has 0 aromatic carbocycles. The Morgan fingerprint density at radius 2 is 1.96 bits per heavy atom. The van der Waals surface area contributed by atoms with Crippen LogP contribution in [0.15, 0.2) is 0 Å². The third-order valence-corrected chi connectivity index (χ3v) is 7.33. The molecule has 5 nitrogen and oxygen atoms in total. The molecule has 0 heterocycles.